The van der Waals surface area contributed by atoms with Crippen LogP contribution in [0.4, 0.5) is 5.82 Å². The van der Waals surface area contributed by atoms with Crippen LogP contribution in [0.2, 0.25) is 5.15 Å². The minimum absolute atomic E-state index is 0.109. The average molecular weight is 313 g/mol. The number of nitrogens with two attached hydrogens (primary N) is 1. The van der Waals surface area contributed by atoms with Gasteiger partial charge in [-0.25, -0.2) is 13.6 Å². The van der Waals surface area contributed by atoms with Crippen LogP contribution in [0.3, 0.4) is 0 Å². The Morgan fingerprint density at radius 1 is 1.10 bits per heavy atom. The van der Waals surface area contributed by atoms with Crippen LogP contribution >= 0.6 is 11.6 Å². The van der Waals surface area contributed by atoms with Crippen molar-refractivity contribution in [2.75, 3.05) is 11.9 Å². The molecule has 0 unspecified atom stereocenters. The zero-order chi connectivity index (χ0) is 14.6. The summed E-state index contributed by atoms with van der Waals surface area (Å²) in [4.78, 5) is 0.109. The molecule has 106 valence electrons. The Kier molecular flexibility index (Phi) is 4.53. The summed E-state index contributed by atoms with van der Waals surface area (Å²) >= 11 is 5.63. The van der Waals surface area contributed by atoms with Gasteiger partial charge in [0.05, 0.1) is 4.90 Å². The van der Waals surface area contributed by atoms with E-state index in [1.165, 1.54) is 12.1 Å². The number of hydrogen-bond donors (Lipinski definition) is 2. The molecular weight excluding hydrogens is 300 g/mol. The first kappa shape index (κ1) is 14.7. The molecule has 2 rings (SSSR count). The van der Waals surface area contributed by atoms with Gasteiger partial charge in [-0.3, -0.25) is 0 Å². The molecule has 8 heteroatoms. The fraction of sp³-hybridized carbons (Fsp3) is 0.167. The highest BCUT2D eigenvalue weighted by atomic mass is 35.5. The summed E-state index contributed by atoms with van der Waals surface area (Å²) in [5.41, 5.74) is 0.992. The predicted octanol–water partition coefficient (Wildman–Crippen LogP) is 1.43. The first-order valence-electron chi connectivity index (χ1n) is 5.80. The topological polar surface area (TPSA) is 98.0 Å². The van der Waals surface area contributed by atoms with Gasteiger partial charge in [0, 0.05) is 6.54 Å². The standard InChI is InChI=1S/C12H13ClN4O2S/c13-11-5-6-12(17-16-11)15-8-7-9-1-3-10(4-2-9)20(14,18)19/h1-6H,7-8H2,(H,15,17)(H2,14,18,19). The summed E-state index contributed by atoms with van der Waals surface area (Å²) in [6, 6.07) is 9.83. The average Bonchev–Trinajstić information content (AvgIpc) is 2.41. The highest BCUT2D eigenvalue weighted by molar-refractivity contribution is 7.89. The molecule has 1 aromatic carbocycles. The molecule has 6 nitrogen and oxygen atoms in total. The Morgan fingerprint density at radius 3 is 2.35 bits per heavy atom. The van der Waals surface area contributed by atoms with Crippen LogP contribution in [0.25, 0.3) is 0 Å². The van der Waals surface area contributed by atoms with E-state index in [1.807, 2.05) is 0 Å². The molecule has 0 saturated heterocycles. The number of sulfonamides is 1. The number of aromatic nitrogens is 2. The maximum atomic E-state index is 11.1. The molecule has 3 N–H and O–H groups in total. The second kappa shape index (κ2) is 6.17. The SMILES string of the molecule is NS(=O)(=O)c1ccc(CCNc2ccc(Cl)nn2)cc1. The minimum Gasteiger partial charge on any atom is -0.368 e. The first-order valence-corrected chi connectivity index (χ1v) is 7.72. The zero-order valence-electron chi connectivity index (χ0n) is 10.5. The van der Waals surface area contributed by atoms with Crippen molar-refractivity contribution >= 4 is 27.4 Å². The molecule has 20 heavy (non-hydrogen) atoms. The Hall–Kier alpha value is -1.70. The Morgan fingerprint density at radius 2 is 1.80 bits per heavy atom. The molecule has 0 amide bonds. The predicted molar refractivity (Wildman–Crippen MR) is 77.1 cm³/mol. The van der Waals surface area contributed by atoms with Crippen LogP contribution in [0, 0.1) is 0 Å². The molecule has 0 saturated carbocycles. The summed E-state index contributed by atoms with van der Waals surface area (Å²) in [5.74, 6) is 0.635. The monoisotopic (exact) mass is 312 g/mol. The lowest BCUT2D eigenvalue weighted by Crippen LogP contribution is -2.12. The molecule has 0 aliphatic rings. The van der Waals surface area contributed by atoms with Gasteiger partial charge in [0.15, 0.2) is 5.15 Å². The van der Waals surface area contributed by atoms with Crippen LogP contribution in [-0.2, 0) is 16.4 Å². The van der Waals surface area contributed by atoms with E-state index < -0.39 is 10.0 Å². The third kappa shape index (κ3) is 4.16. The highest BCUT2D eigenvalue weighted by Crippen LogP contribution is 2.10. The van der Waals surface area contributed by atoms with Gasteiger partial charge in [-0.05, 0) is 36.2 Å². The number of primary sulfonamides is 1. The van der Waals surface area contributed by atoms with Gasteiger partial charge in [-0.1, -0.05) is 23.7 Å². The van der Waals surface area contributed by atoms with E-state index in [-0.39, 0.29) is 4.90 Å². The minimum atomic E-state index is -3.63. The fourth-order valence-electron chi connectivity index (χ4n) is 1.59. The van der Waals surface area contributed by atoms with Crippen molar-refractivity contribution < 1.29 is 8.42 Å². The number of rotatable bonds is 5. The second-order valence-electron chi connectivity index (χ2n) is 4.11. The molecular formula is C12H13ClN4O2S. The number of anilines is 1. The fourth-order valence-corrected chi connectivity index (χ4v) is 2.21. The van der Waals surface area contributed by atoms with Crippen molar-refractivity contribution in [1.29, 1.82) is 0 Å². The van der Waals surface area contributed by atoms with Crippen molar-refractivity contribution in [2.45, 2.75) is 11.3 Å². The Balaban J connectivity index is 1.90. The summed E-state index contributed by atoms with van der Waals surface area (Å²) in [6.07, 6.45) is 0.717. The van der Waals surface area contributed by atoms with Crippen molar-refractivity contribution in [2.24, 2.45) is 5.14 Å². The van der Waals surface area contributed by atoms with E-state index in [4.69, 9.17) is 16.7 Å². The van der Waals surface area contributed by atoms with Gasteiger partial charge in [0.1, 0.15) is 5.82 Å². The largest absolute Gasteiger partial charge is 0.368 e. The van der Waals surface area contributed by atoms with Gasteiger partial charge < -0.3 is 5.32 Å². The molecule has 0 bridgehead atoms. The molecule has 0 radical (unpaired) electrons. The molecule has 0 aliphatic heterocycles. The summed E-state index contributed by atoms with van der Waals surface area (Å²) in [5, 5.41) is 16.0. The van der Waals surface area contributed by atoms with Crippen molar-refractivity contribution in [1.82, 2.24) is 10.2 Å². The molecule has 2 aromatic rings. The Bertz CT molecular complexity index is 672. The third-order valence-electron chi connectivity index (χ3n) is 2.60. The molecule has 1 heterocycles. The van der Waals surface area contributed by atoms with E-state index in [1.54, 1.807) is 24.3 Å². The van der Waals surface area contributed by atoms with E-state index in [9.17, 15) is 8.42 Å². The quantitative estimate of drug-likeness (QED) is 0.870. The summed E-state index contributed by atoms with van der Waals surface area (Å²) < 4.78 is 22.2. The molecule has 0 spiro atoms. The van der Waals surface area contributed by atoms with Crippen LogP contribution in [0.15, 0.2) is 41.3 Å². The number of nitrogens with one attached hydrogen (secondary N) is 1. The van der Waals surface area contributed by atoms with E-state index in [2.05, 4.69) is 15.5 Å². The van der Waals surface area contributed by atoms with Gasteiger partial charge >= 0.3 is 0 Å². The molecule has 0 aliphatic carbocycles. The van der Waals surface area contributed by atoms with E-state index >= 15 is 0 Å². The van der Waals surface area contributed by atoms with Crippen LogP contribution in [0.5, 0.6) is 0 Å². The van der Waals surface area contributed by atoms with Gasteiger partial charge in [-0.15, -0.1) is 10.2 Å². The van der Waals surface area contributed by atoms with E-state index in [0.29, 0.717) is 17.5 Å². The van der Waals surface area contributed by atoms with Crippen molar-refractivity contribution in [3.8, 4) is 0 Å². The smallest absolute Gasteiger partial charge is 0.238 e. The van der Waals surface area contributed by atoms with Crippen molar-refractivity contribution in [3.63, 3.8) is 0 Å². The lowest BCUT2D eigenvalue weighted by molar-refractivity contribution is 0.598. The van der Waals surface area contributed by atoms with Gasteiger partial charge in [0.25, 0.3) is 0 Å². The third-order valence-corrected chi connectivity index (χ3v) is 3.73. The second-order valence-corrected chi connectivity index (χ2v) is 6.06. The van der Waals surface area contributed by atoms with E-state index in [0.717, 1.165) is 12.0 Å². The highest BCUT2D eigenvalue weighted by Gasteiger charge is 2.06. The Labute approximate surface area is 122 Å². The number of hydrogen-bond acceptors (Lipinski definition) is 5. The molecule has 1 aromatic heterocycles. The lowest BCUT2D eigenvalue weighted by Gasteiger charge is -2.05. The van der Waals surface area contributed by atoms with Crippen LogP contribution in [-0.4, -0.2) is 25.2 Å². The normalized spacial score (nSPS) is 11.3. The summed E-state index contributed by atoms with van der Waals surface area (Å²) in [7, 11) is -3.63. The zero-order valence-corrected chi connectivity index (χ0v) is 12.0. The number of halogens is 1. The molecule has 0 fully saturated rings. The maximum absolute atomic E-state index is 11.1. The number of benzene rings is 1. The summed E-state index contributed by atoms with van der Waals surface area (Å²) in [6.45, 7) is 0.644. The van der Waals surface area contributed by atoms with Crippen LogP contribution < -0.4 is 10.5 Å². The van der Waals surface area contributed by atoms with Crippen molar-refractivity contribution in [3.05, 3.63) is 47.1 Å². The van der Waals surface area contributed by atoms with Gasteiger partial charge in [0.2, 0.25) is 10.0 Å². The lowest BCUT2D eigenvalue weighted by atomic mass is 10.1. The number of nitrogens with zero attached hydrogens (tertiary/aromatic N) is 2. The first-order chi connectivity index (χ1) is 9.45. The molecule has 0 atom stereocenters. The van der Waals surface area contributed by atoms with Crippen LogP contribution in [0.1, 0.15) is 5.56 Å². The van der Waals surface area contributed by atoms with Gasteiger partial charge in [-0.2, -0.15) is 0 Å². The maximum Gasteiger partial charge on any atom is 0.238 e.